The summed E-state index contributed by atoms with van der Waals surface area (Å²) in [6.07, 6.45) is 3.41. The number of carboxylic acid groups (broad SMARTS) is 1. The molecule has 2 aromatic rings. The summed E-state index contributed by atoms with van der Waals surface area (Å²) in [6, 6.07) is 17.0. The van der Waals surface area contributed by atoms with E-state index in [-0.39, 0.29) is 0 Å². The summed E-state index contributed by atoms with van der Waals surface area (Å²) >= 11 is 0. The molecule has 3 heteroatoms. The van der Waals surface area contributed by atoms with Gasteiger partial charge in [-0.1, -0.05) is 48.5 Å². The minimum absolute atomic E-state index is 0.628. The summed E-state index contributed by atoms with van der Waals surface area (Å²) in [7, 11) is 0. The van der Waals surface area contributed by atoms with E-state index in [0.29, 0.717) is 6.04 Å². The lowest BCUT2D eigenvalue weighted by atomic mass is 9.76. The Kier molecular flexibility index (Phi) is 5.47. The predicted molar refractivity (Wildman–Crippen MR) is 107 cm³/mol. The molecule has 3 nitrogen and oxygen atoms in total. The van der Waals surface area contributed by atoms with Gasteiger partial charge in [0.05, 0.1) is 5.41 Å². The topological polar surface area (TPSA) is 40.5 Å². The van der Waals surface area contributed by atoms with Crippen molar-refractivity contribution in [1.82, 2.24) is 4.90 Å². The maximum atomic E-state index is 12.1. The molecule has 1 aliphatic heterocycles. The van der Waals surface area contributed by atoms with Gasteiger partial charge in [-0.3, -0.25) is 4.79 Å². The summed E-state index contributed by atoms with van der Waals surface area (Å²) < 4.78 is 0. The van der Waals surface area contributed by atoms with Crippen molar-refractivity contribution in [2.75, 3.05) is 13.1 Å². The Balaban J connectivity index is 2.02. The minimum Gasteiger partial charge on any atom is -0.481 e. The van der Waals surface area contributed by atoms with E-state index in [1.165, 1.54) is 12.8 Å². The number of carbonyl (C=O) groups is 1. The van der Waals surface area contributed by atoms with Gasteiger partial charge >= 0.3 is 5.97 Å². The second kappa shape index (κ2) is 7.63. The molecule has 3 rings (SSSR count). The zero-order valence-corrected chi connectivity index (χ0v) is 16.0. The highest BCUT2D eigenvalue weighted by Crippen LogP contribution is 2.36. The van der Waals surface area contributed by atoms with E-state index in [4.69, 9.17) is 0 Å². The lowest BCUT2D eigenvalue weighted by molar-refractivity contribution is -0.142. The fourth-order valence-corrected chi connectivity index (χ4v) is 4.10. The Morgan fingerprint density at radius 3 is 2.50 bits per heavy atom. The Hall–Kier alpha value is -2.13. The van der Waals surface area contributed by atoms with E-state index >= 15 is 0 Å². The molecule has 26 heavy (non-hydrogen) atoms. The first kappa shape index (κ1) is 18.7. The van der Waals surface area contributed by atoms with Gasteiger partial charge in [0.25, 0.3) is 0 Å². The van der Waals surface area contributed by atoms with Crippen LogP contribution in [-0.4, -0.2) is 35.1 Å². The SMILES string of the molecule is CC1CCCN1CCc1cccc(-c2ccccc2)c1C(C)(C)C(=O)O. The summed E-state index contributed by atoms with van der Waals surface area (Å²) in [6.45, 7) is 8.06. The molecular weight excluding hydrogens is 322 g/mol. The van der Waals surface area contributed by atoms with Crippen molar-refractivity contribution in [3.63, 3.8) is 0 Å². The molecule has 0 aromatic heterocycles. The predicted octanol–water partition coefficient (Wildman–Crippen LogP) is 4.74. The molecule has 1 saturated heterocycles. The van der Waals surface area contributed by atoms with Crippen molar-refractivity contribution in [3.8, 4) is 11.1 Å². The van der Waals surface area contributed by atoms with E-state index in [1.807, 2.05) is 32.0 Å². The highest BCUT2D eigenvalue weighted by atomic mass is 16.4. The highest BCUT2D eigenvalue weighted by Gasteiger charge is 2.34. The summed E-state index contributed by atoms with van der Waals surface area (Å²) in [5.74, 6) is -0.781. The molecular formula is C23H29NO2. The Morgan fingerprint density at radius 1 is 1.15 bits per heavy atom. The van der Waals surface area contributed by atoms with Crippen LogP contribution in [0.25, 0.3) is 11.1 Å². The van der Waals surface area contributed by atoms with Crippen LogP contribution in [0.15, 0.2) is 48.5 Å². The molecule has 0 radical (unpaired) electrons. The fraction of sp³-hybridized carbons (Fsp3) is 0.435. The third-order valence-electron chi connectivity index (χ3n) is 5.75. The Bertz CT molecular complexity index is 767. The molecule has 0 saturated carbocycles. The highest BCUT2D eigenvalue weighted by molar-refractivity contribution is 5.85. The first-order valence-electron chi connectivity index (χ1n) is 9.56. The maximum absolute atomic E-state index is 12.1. The van der Waals surface area contributed by atoms with Crippen molar-refractivity contribution < 1.29 is 9.90 Å². The van der Waals surface area contributed by atoms with Gasteiger partial charge in [-0.15, -0.1) is 0 Å². The molecule has 0 aliphatic carbocycles. The quantitative estimate of drug-likeness (QED) is 0.817. The zero-order chi connectivity index (χ0) is 18.7. The van der Waals surface area contributed by atoms with Crippen molar-refractivity contribution in [3.05, 3.63) is 59.7 Å². The smallest absolute Gasteiger partial charge is 0.313 e. The largest absolute Gasteiger partial charge is 0.481 e. The molecule has 0 amide bonds. The van der Waals surface area contributed by atoms with Crippen LogP contribution in [0.5, 0.6) is 0 Å². The summed E-state index contributed by atoms with van der Waals surface area (Å²) in [4.78, 5) is 14.6. The molecule has 138 valence electrons. The van der Waals surface area contributed by atoms with Gasteiger partial charge in [0.15, 0.2) is 0 Å². The molecule has 1 heterocycles. The normalized spacial score (nSPS) is 18.2. The molecule has 1 fully saturated rings. The minimum atomic E-state index is -0.932. The zero-order valence-electron chi connectivity index (χ0n) is 16.0. The van der Waals surface area contributed by atoms with Crippen LogP contribution in [0, 0.1) is 0 Å². The van der Waals surface area contributed by atoms with Crippen molar-refractivity contribution >= 4 is 5.97 Å². The van der Waals surface area contributed by atoms with Gasteiger partial charge < -0.3 is 10.0 Å². The number of benzene rings is 2. The number of nitrogens with zero attached hydrogens (tertiary/aromatic N) is 1. The van der Waals surface area contributed by atoms with Crippen LogP contribution < -0.4 is 0 Å². The Labute approximate surface area is 156 Å². The van der Waals surface area contributed by atoms with Gasteiger partial charge in [-0.05, 0) is 68.8 Å². The second-order valence-corrected chi connectivity index (χ2v) is 7.91. The van der Waals surface area contributed by atoms with E-state index in [9.17, 15) is 9.90 Å². The number of hydrogen-bond acceptors (Lipinski definition) is 2. The van der Waals surface area contributed by atoms with Crippen LogP contribution >= 0.6 is 0 Å². The molecule has 1 atom stereocenters. The van der Waals surface area contributed by atoms with Gasteiger partial charge in [0, 0.05) is 12.6 Å². The van der Waals surface area contributed by atoms with Crippen molar-refractivity contribution in [2.24, 2.45) is 0 Å². The van der Waals surface area contributed by atoms with Crippen LogP contribution in [0.2, 0.25) is 0 Å². The van der Waals surface area contributed by atoms with Crippen LogP contribution in [0.1, 0.15) is 44.7 Å². The van der Waals surface area contributed by atoms with Gasteiger partial charge in [0.1, 0.15) is 0 Å². The lowest BCUT2D eigenvalue weighted by Crippen LogP contribution is -2.32. The van der Waals surface area contributed by atoms with Gasteiger partial charge in [0.2, 0.25) is 0 Å². The first-order chi connectivity index (χ1) is 12.4. The monoisotopic (exact) mass is 351 g/mol. The lowest BCUT2D eigenvalue weighted by Gasteiger charge is -2.28. The van der Waals surface area contributed by atoms with E-state index in [2.05, 4.69) is 42.2 Å². The average Bonchev–Trinajstić information content (AvgIpc) is 3.05. The Morgan fingerprint density at radius 2 is 1.88 bits per heavy atom. The summed E-state index contributed by atoms with van der Waals surface area (Å²) in [5.41, 5.74) is 3.28. The molecule has 1 N–H and O–H groups in total. The van der Waals surface area contributed by atoms with E-state index in [0.717, 1.165) is 41.8 Å². The first-order valence-corrected chi connectivity index (χ1v) is 9.56. The molecule has 0 spiro atoms. The molecule has 2 aromatic carbocycles. The number of likely N-dealkylation sites (tertiary alicyclic amines) is 1. The summed E-state index contributed by atoms with van der Waals surface area (Å²) in [5, 5.41) is 9.90. The molecule has 1 aliphatic rings. The molecule has 1 unspecified atom stereocenters. The number of rotatable bonds is 6. The van der Waals surface area contributed by atoms with Crippen molar-refractivity contribution in [1.29, 1.82) is 0 Å². The van der Waals surface area contributed by atoms with Crippen LogP contribution in [-0.2, 0) is 16.6 Å². The van der Waals surface area contributed by atoms with E-state index < -0.39 is 11.4 Å². The fourth-order valence-electron chi connectivity index (χ4n) is 4.10. The molecule has 0 bridgehead atoms. The number of aliphatic carboxylic acids is 1. The third-order valence-corrected chi connectivity index (χ3v) is 5.75. The standard InChI is InChI=1S/C23H29NO2/c1-17-9-8-15-24(17)16-14-19-12-7-13-20(18-10-5-4-6-11-18)21(19)23(2,3)22(25)26/h4-7,10-13,17H,8-9,14-16H2,1-3H3,(H,25,26). The van der Waals surface area contributed by atoms with Gasteiger partial charge in [-0.2, -0.15) is 0 Å². The third kappa shape index (κ3) is 3.68. The second-order valence-electron chi connectivity index (χ2n) is 7.91. The van der Waals surface area contributed by atoms with Crippen LogP contribution in [0.4, 0.5) is 0 Å². The van der Waals surface area contributed by atoms with Gasteiger partial charge in [-0.25, -0.2) is 0 Å². The van der Waals surface area contributed by atoms with Crippen LogP contribution in [0.3, 0.4) is 0 Å². The average molecular weight is 351 g/mol. The number of hydrogen-bond donors (Lipinski definition) is 1. The van der Waals surface area contributed by atoms with Crippen molar-refractivity contribution in [2.45, 2.75) is 51.5 Å². The number of carboxylic acids is 1. The van der Waals surface area contributed by atoms with E-state index in [1.54, 1.807) is 0 Å². The maximum Gasteiger partial charge on any atom is 0.313 e.